The molecule has 0 unspecified atom stereocenters. The molecule has 4 aromatic carbocycles. The Hall–Kier alpha value is -8.12. The van der Waals surface area contributed by atoms with Gasteiger partial charge in [-0.3, -0.25) is 0 Å². The van der Waals surface area contributed by atoms with Crippen molar-refractivity contribution in [1.82, 2.24) is 19.9 Å². The fourth-order valence-electron chi connectivity index (χ4n) is 7.54. The Morgan fingerprint density at radius 2 is 0.525 bits per heavy atom. The largest absolute Gasteiger partial charge is 3.00 e. The molecule has 295 valence electrons. The maximum absolute atomic E-state index is 11.8. The molecule has 0 fully saturated rings. The molecule has 12 nitrogen and oxygen atoms in total. The average Bonchev–Trinajstić information content (AvgIpc) is 4.10. The predicted octanol–water partition coefficient (Wildman–Crippen LogP) is 10.1. The standard InChI is InChI=1S/C48H30N4O8.Fe/c53-45(54)29-9-1-25(2-10-29)41-33-17-19-35(49-33)42(26-3-11-30(12-4-26)46(55)56)37-21-23-39(51-37)44(28-7-15-32(16-8-28)48(59)60)40-24-22-38(52-40)43(36-20-18-34(41)50-36)27-5-13-31(14-6-27)47(57)58;/h1-24,49,52H,(H,53,54)(H,55,56)(H,57,58)(H,59,60);/q;+3. The van der Waals surface area contributed by atoms with Crippen molar-refractivity contribution in [2.45, 2.75) is 0 Å². The molecule has 61 heavy (non-hydrogen) atoms. The molecule has 0 amide bonds. The molecular weight excluding hydrogens is 816 g/mol. The summed E-state index contributed by atoms with van der Waals surface area (Å²) in [6, 6.07) is 33.6. The first kappa shape index (κ1) is 39.7. The number of hydrogen-bond acceptors (Lipinski definition) is 6. The number of nitrogens with one attached hydrogen (secondary N) is 2. The molecule has 7 aromatic rings. The van der Waals surface area contributed by atoms with Crippen molar-refractivity contribution in [3.63, 3.8) is 0 Å². The fraction of sp³-hybridized carbons (Fsp3) is 0. The van der Waals surface area contributed by atoms with Gasteiger partial charge < -0.3 is 30.4 Å². The Morgan fingerprint density at radius 1 is 0.328 bits per heavy atom. The van der Waals surface area contributed by atoms with E-state index in [-0.39, 0.29) is 39.3 Å². The van der Waals surface area contributed by atoms with Crippen LogP contribution in [0.15, 0.2) is 121 Å². The van der Waals surface area contributed by atoms with Gasteiger partial charge in [-0.15, -0.1) is 0 Å². The Bertz CT molecular complexity index is 2760. The minimum atomic E-state index is -1.06. The van der Waals surface area contributed by atoms with Gasteiger partial charge in [-0.2, -0.15) is 0 Å². The maximum Gasteiger partial charge on any atom is 3.00 e. The number of aromatic nitrogens is 4. The molecule has 6 N–H and O–H groups in total. The smallest absolute Gasteiger partial charge is 0.478 e. The van der Waals surface area contributed by atoms with E-state index in [0.29, 0.717) is 89.4 Å². The summed E-state index contributed by atoms with van der Waals surface area (Å²) in [5, 5.41) is 38.7. The Kier molecular flexibility index (Phi) is 10.4. The molecule has 3 aromatic heterocycles. The van der Waals surface area contributed by atoms with Gasteiger partial charge in [0.05, 0.1) is 45.0 Å². The van der Waals surface area contributed by atoms with Crippen molar-refractivity contribution in [3.05, 3.63) is 166 Å². The van der Waals surface area contributed by atoms with Gasteiger partial charge >= 0.3 is 40.9 Å². The van der Waals surface area contributed by atoms with Crippen LogP contribution in [-0.4, -0.2) is 64.2 Å². The zero-order valence-electron chi connectivity index (χ0n) is 31.5. The van der Waals surface area contributed by atoms with E-state index < -0.39 is 23.9 Å². The van der Waals surface area contributed by atoms with Crippen molar-refractivity contribution in [1.29, 1.82) is 0 Å². The van der Waals surface area contributed by atoms with Gasteiger partial charge in [-0.25, -0.2) is 29.1 Å². The Labute approximate surface area is 356 Å². The number of benzene rings is 4. The van der Waals surface area contributed by atoms with Gasteiger partial charge in [0.25, 0.3) is 0 Å². The minimum absolute atomic E-state index is 0. The number of carboxylic acids is 4. The molecule has 9 rings (SSSR count). The van der Waals surface area contributed by atoms with Crippen LogP contribution in [0, 0.1) is 0 Å². The van der Waals surface area contributed by atoms with Crippen LogP contribution in [0.5, 0.6) is 0 Å². The van der Waals surface area contributed by atoms with Crippen LogP contribution in [0.2, 0.25) is 0 Å². The molecule has 0 saturated carbocycles. The van der Waals surface area contributed by atoms with E-state index in [0.717, 1.165) is 0 Å². The predicted molar refractivity (Wildman–Crippen MR) is 228 cm³/mol. The maximum atomic E-state index is 11.8. The first-order chi connectivity index (χ1) is 29.0. The summed E-state index contributed by atoms with van der Waals surface area (Å²) in [7, 11) is 0. The zero-order valence-corrected chi connectivity index (χ0v) is 32.6. The van der Waals surface area contributed by atoms with Gasteiger partial charge in [0.1, 0.15) is 0 Å². The number of aromatic amines is 2. The number of hydrogen-bond donors (Lipinski definition) is 6. The third-order valence-electron chi connectivity index (χ3n) is 10.4. The zero-order chi connectivity index (χ0) is 41.7. The summed E-state index contributed by atoms with van der Waals surface area (Å²) in [5.41, 5.74) is 10.7. The van der Waals surface area contributed by atoms with E-state index in [1.807, 2.05) is 48.6 Å². The summed E-state index contributed by atoms with van der Waals surface area (Å²) >= 11 is 0. The van der Waals surface area contributed by atoms with E-state index >= 15 is 0 Å². The Morgan fingerprint density at radius 3 is 0.705 bits per heavy atom. The van der Waals surface area contributed by atoms with Gasteiger partial charge in [0.2, 0.25) is 0 Å². The van der Waals surface area contributed by atoms with Crippen LogP contribution < -0.4 is 0 Å². The summed E-state index contributed by atoms with van der Waals surface area (Å²) < 4.78 is 0. The van der Waals surface area contributed by atoms with E-state index in [4.69, 9.17) is 9.97 Å². The molecule has 13 heteroatoms. The number of rotatable bonds is 8. The molecule has 0 saturated heterocycles. The van der Waals surface area contributed by atoms with Crippen LogP contribution >= 0.6 is 0 Å². The van der Waals surface area contributed by atoms with E-state index in [1.54, 1.807) is 48.5 Å². The molecule has 0 aliphatic carbocycles. The summed E-state index contributed by atoms with van der Waals surface area (Å²) in [4.78, 5) is 64.8. The normalized spacial score (nSPS) is 11.5. The molecule has 2 aliphatic heterocycles. The summed E-state index contributed by atoms with van der Waals surface area (Å²) in [6.07, 6.45) is 7.47. The number of carboxylic acid groups (broad SMARTS) is 4. The van der Waals surface area contributed by atoms with Crippen molar-refractivity contribution in [2.75, 3.05) is 0 Å². The van der Waals surface area contributed by atoms with Crippen LogP contribution in [0.25, 0.3) is 90.9 Å². The van der Waals surface area contributed by atoms with Crippen molar-refractivity contribution < 1.29 is 56.7 Å². The molecular formula is C48H30FeN4O8+3. The van der Waals surface area contributed by atoms with Gasteiger partial charge in [-0.1, -0.05) is 48.5 Å². The summed E-state index contributed by atoms with van der Waals surface area (Å²) in [5.74, 6) is -4.25. The number of aromatic carboxylic acids is 4. The Balaban J connectivity index is 0.00000514. The first-order valence-corrected chi connectivity index (χ1v) is 18.5. The number of H-pyrrole nitrogens is 2. The number of nitrogens with zero attached hydrogens (tertiary/aromatic N) is 2. The second-order valence-electron chi connectivity index (χ2n) is 14.0. The van der Waals surface area contributed by atoms with Gasteiger partial charge in [0.15, 0.2) is 0 Å². The van der Waals surface area contributed by atoms with E-state index in [9.17, 15) is 39.6 Å². The summed E-state index contributed by atoms with van der Waals surface area (Å²) in [6.45, 7) is 0. The van der Waals surface area contributed by atoms with E-state index in [2.05, 4.69) is 9.97 Å². The third kappa shape index (κ3) is 7.42. The molecule has 8 bridgehead atoms. The quantitative estimate of drug-likeness (QED) is 0.0798. The molecule has 0 atom stereocenters. The van der Waals surface area contributed by atoms with Crippen molar-refractivity contribution in [2.24, 2.45) is 0 Å². The average molecular weight is 847 g/mol. The second kappa shape index (κ2) is 15.9. The topological polar surface area (TPSA) is 207 Å². The first-order valence-electron chi connectivity index (χ1n) is 18.5. The molecule has 2 aliphatic rings. The molecule has 0 spiro atoms. The van der Waals surface area contributed by atoms with Crippen LogP contribution in [-0.2, 0) is 17.1 Å². The van der Waals surface area contributed by atoms with Gasteiger partial charge in [0, 0.05) is 44.3 Å². The molecule has 5 heterocycles. The number of carbonyl (C=O) groups is 4. The third-order valence-corrected chi connectivity index (χ3v) is 10.4. The molecule has 1 radical (unpaired) electrons. The van der Waals surface area contributed by atoms with E-state index in [1.165, 1.54) is 48.5 Å². The minimum Gasteiger partial charge on any atom is -0.478 e. The van der Waals surface area contributed by atoms with Gasteiger partial charge in [-0.05, 0) is 119 Å². The monoisotopic (exact) mass is 846 g/mol. The second-order valence-corrected chi connectivity index (χ2v) is 14.0. The van der Waals surface area contributed by atoms with Crippen molar-refractivity contribution >= 4 is 70.2 Å². The van der Waals surface area contributed by atoms with Crippen LogP contribution in [0.4, 0.5) is 0 Å². The fourth-order valence-corrected chi connectivity index (χ4v) is 7.54. The number of fused-ring (bicyclic) bond motifs is 8. The SMILES string of the molecule is O=C(O)c1ccc(-c2c3nc(c(-c4ccc(C(=O)O)cc4)c4ccc([nH]4)c(-c4ccc(C(=O)O)cc4)c4nc(c(-c5ccc(C(=O)O)cc5)c5ccc2[nH]5)C=C4)C=C3)cc1.[Fe+3]. The van der Waals surface area contributed by atoms with Crippen LogP contribution in [0.3, 0.4) is 0 Å². The van der Waals surface area contributed by atoms with Crippen LogP contribution in [0.1, 0.15) is 64.2 Å². The van der Waals surface area contributed by atoms with Crippen molar-refractivity contribution in [3.8, 4) is 44.5 Å².